The molecule has 164 valence electrons. The number of nitrogens with two attached hydrogens (primary N) is 1. The highest BCUT2D eigenvalue weighted by Crippen LogP contribution is 2.76. The van der Waals surface area contributed by atoms with E-state index in [2.05, 4.69) is 19.2 Å². The fourth-order valence-electron chi connectivity index (χ4n) is 4.94. The molecule has 2 unspecified atom stereocenters. The van der Waals surface area contributed by atoms with Gasteiger partial charge in [-0.05, 0) is 65.2 Å². The van der Waals surface area contributed by atoms with Crippen LogP contribution in [0.3, 0.4) is 0 Å². The molecule has 2 saturated carbocycles. The summed E-state index contributed by atoms with van der Waals surface area (Å²) in [6, 6.07) is 0. The second-order valence-electron chi connectivity index (χ2n) is 7.97. The quantitative estimate of drug-likeness (QED) is 0.449. The van der Waals surface area contributed by atoms with Crippen molar-refractivity contribution >= 4 is 19.2 Å². The van der Waals surface area contributed by atoms with Crippen LogP contribution in [-0.4, -0.2) is 58.2 Å². The van der Waals surface area contributed by atoms with Crippen LogP contribution in [-0.2, 0) is 9.59 Å². The highest BCUT2D eigenvalue weighted by molar-refractivity contribution is 7.79. The lowest BCUT2D eigenvalue weighted by Crippen LogP contribution is -2.82. The minimum Gasteiger partial charge on any atom is -0.544 e. The van der Waals surface area contributed by atoms with E-state index >= 15 is 0 Å². The van der Waals surface area contributed by atoms with Crippen LogP contribution in [0.4, 0.5) is 0 Å². The van der Waals surface area contributed by atoms with Crippen LogP contribution in [0.2, 0.25) is 0 Å². The van der Waals surface area contributed by atoms with E-state index in [0.29, 0.717) is 25.7 Å². The Hall–Kier alpha value is -0.750. The van der Waals surface area contributed by atoms with Gasteiger partial charge in [0.15, 0.2) is 0 Å². The van der Waals surface area contributed by atoms with E-state index in [9.17, 15) is 30.0 Å². The number of carboxylic acid groups (broad SMARTS) is 2. The van der Waals surface area contributed by atoms with Gasteiger partial charge in [0.05, 0.1) is 31.7 Å². The Balaban J connectivity index is 0.000000696. The summed E-state index contributed by atoms with van der Waals surface area (Å²) in [5.41, 5.74) is -0.472. The van der Waals surface area contributed by atoms with Crippen LogP contribution in [0.1, 0.15) is 78.1 Å². The van der Waals surface area contributed by atoms with E-state index in [0.717, 1.165) is 38.5 Å². The smallest absolute Gasteiger partial charge is 0.207 e. The van der Waals surface area contributed by atoms with Gasteiger partial charge in [-0.15, -0.1) is 0 Å². The van der Waals surface area contributed by atoms with E-state index in [1.807, 2.05) is 0 Å². The lowest BCUT2D eigenvalue weighted by Gasteiger charge is -2.48. The second-order valence-corrected chi connectivity index (χ2v) is 12.2. The Bertz CT molecular complexity index is 435. The maximum atomic E-state index is 11.5. The zero-order chi connectivity index (χ0) is 21.2. The summed E-state index contributed by atoms with van der Waals surface area (Å²) in [5, 5.41) is 46.2. The Labute approximate surface area is 169 Å². The molecule has 8 heteroatoms. The summed E-state index contributed by atoms with van der Waals surface area (Å²) in [4.78, 5) is 23.0. The zero-order valence-electron chi connectivity index (χ0n) is 17.3. The van der Waals surface area contributed by atoms with Gasteiger partial charge in [-0.25, -0.2) is 0 Å². The van der Waals surface area contributed by atoms with Crippen molar-refractivity contribution in [2.75, 3.05) is 13.1 Å². The number of aliphatic hydroxyl groups excluding tert-OH is 2. The molecule has 2 atom stereocenters. The van der Waals surface area contributed by atoms with Crippen molar-refractivity contribution in [2.45, 2.75) is 101 Å². The largest absolute Gasteiger partial charge is 0.544 e. The molecule has 0 aliphatic heterocycles. The average Bonchev–Trinajstić information content (AvgIpc) is 2.71. The second kappa shape index (κ2) is 12.7. The van der Waals surface area contributed by atoms with E-state index in [-0.39, 0.29) is 11.3 Å². The van der Waals surface area contributed by atoms with Crippen molar-refractivity contribution in [3.05, 3.63) is 0 Å². The highest BCUT2D eigenvalue weighted by Gasteiger charge is 2.63. The molecule has 2 aliphatic rings. The van der Waals surface area contributed by atoms with Crippen LogP contribution in [0.25, 0.3) is 0 Å². The normalized spacial score (nSPS) is 21.3. The molecule has 0 aromatic heterocycles. The maximum Gasteiger partial charge on any atom is 0.207 e. The molecule has 7 nitrogen and oxygen atoms in total. The summed E-state index contributed by atoms with van der Waals surface area (Å²) >= 11 is 0. The van der Waals surface area contributed by atoms with Gasteiger partial charge in [0.2, 0.25) is 11.7 Å². The van der Waals surface area contributed by atoms with Crippen LogP contribution in [0, 0.1) is 0 Å². The van der Waals surface area contributed by atoms with Crippen molar-refractivity contribution in [3.63, 3.8) is 0 Å². The third kappa shape index (κ3) is 6.12. The number of rotatable bonds is 8. The number of carbonyl (C=O) groups is 2. The topological polar surface area (TPSA) is 137 Å². The first-order valence-electron chi connectivity index (χ1n) is 10.8. The Kier molecular flexibility index (Phi) is 11.5. The predicted molar refractivity (Wildman–Crippen MR) is 106 cm³/mol. The standard InChI is InChI=1S/C16H27O6P.C4H11N/c17-13(18)15(21)23(16(22)14(19)20,11-7-3-1-4-8-11)12-9-5-2-6-10-12;1-3-5-4-2/h11-12,15-16,21-22H,1-10H2,(H-,17,18,19,20);5H,3-4H2,1-2H3. The number of aliphatic carboxylic acids is 2. The van der Waals surface area contributed by atoms with Gasteiger partial charge < -0.3 is 35.3 Å². The van der Waals surface area contributed by atoms with Gasteiger partial charge in [-0.2, -0.15) is 0 Å². The molecule has 2 fully saturated rings. The van der Waals surface area contributed by atoms with E-state index in [4.69, 9.17) is 0 Å². The molecular weight excluding hydrogens is 381 g/mol. The first-order valence-corrected chi connectivity index (χ1v) is 12.9. The molecule has 0 aromatic carbocycles. The van der Waals surface area contributed by atoms with E-state index in [1.54, 1.807) is 0 Å². The van der Waals surface area contributed by atoms with Crippen LogP contribution in [0.5, 0.6) is 0 Å². The number of quaternary nitrogens is 1. The number of aliphatic hydroxyl groups is 2. The SMILES string of the molecule is CC[NH2+]CC.O=C([O-])C(O)[P+](C1CCCCC1)(C1CCCCC1)C(O)C(=O)[O-]. The minimum atomic E-state index is -3.15. The van der Waals surface area contributed by atoms with E-state index < -0.39 is 30.9 Å². The molecule has 0 spiro atoms. The molecule has 0 heterocycles. The lowest BCUT2D eigenvalue weighted by atomic mass is 9.99. The van der Waals surface area contributed by atoms with Gasteiger partial charge in [0, 0.05) is 0 Å². The summed E-state index contributed by atoms with van der Waals surface area (Å²) < 4.78 is 0. The minimum absolute atomic E-state index is 0.236. The maximum absolute atomic E-state index is 11.5. The predicted octanol–water partition coefficient (Wildman–Crippen LogP) is -0.604. The number of hydrogen-bond donors (Lipinski definition) is 3. The van der Waals surface area contributed by atoms with Crippen LogP contribution in [0.15, 0.2) is 0 Å². The molecule has 0 aromatic rings. The molecular formula is C20H38NO6P. The lowest BCUT2D eigenvalue weighted by molar-refractivity contribution is -0.648. The average molecular weight is 419 g/mol. The summed E-state index contributed by atoms with van der Waals surface area (Å²) in [5.74, 6) is -7.09. The van der Waals surface area contributed by atoms with Gasteiger partial charge >= 0.3 is 0 Å². The summed E-state index contributed by atoms with van der Waals surface area (Å²) in [6.07, 6.45) is 8.19. The van der Waals surface area contributed by atoms with E-state index in [1.165, 1.54) is 13.1 Å². The third-order valence-corrected chi connectivity index (χ3v) is 11.9. The summed E-state index contributed by atoms with van der Waals surface area (Å²) in [7, 11) is -3.15. The first kappa shape index (κ1) is 25.3. The Morgan fingerprint density at radius 1 is 0.821 bits per heavy atom. The van der Waals surface area contributed by atoms with Gasteiger partial charge in [-0.3, -0.25) is 0 Å². The van der Waals surface area contributed by atoms with Gasteiger partial charge in [-0.1, -0.05) is 12.8 Å². The highest BCUT2D eigenvalue weighted by atomic mass is 31.2. The van der Waals surface area contributed by atoms with Crippen molar-refractivity contribution in [2.24, 2.45) is 0 Å². The molecule has 2 aliphatic carbocycles. The molecule has 0 bridgehead atoms. The Morgan fingerprint density at radius 3 is 1.36 bits per heavy atom. The monoisotopic (exact) mass is 419 g/mol. The van der Waals surface area contributed by atoms with Crippen LogP contribution < -0.4 is 15.5 Å². The molecule has 0 amide bonds. The Morgan fingerprint density at radius 2 is 1.14 bits per heavy atom. The van der Waals surface area contributed by atoms with Gasteiger partial charge in [0.1, 0.15) is 11.9 Å². The molecule has 0 radical (unpaired) electrons. The van der Waals surface area contributed by atoms with Crippen molar-refractivity contribution in [1.82, 2.24) is 0 Å². The number of hydrogen-bond acceptors (Lipinski definition) is 6. The summed E-state index contributed by atoms with van der Waals surface area (Å²) in [6.45, 7) is 6.75. The molecule has 2 rings (SSSR count). The van der Waals surface area contributed by atoms with Crippen LogP contribution >= 0.6 is 7.26 Å². The van der Waals surface area contributed by atoms with Crippen molar-refractivity contribution in [3.8, 4) is 0 Å². The zero-order valence-corrected chi connectivity index (χ0v) is 18.2. The number of carboxylic acids is 2. The fourth-order valence-corrected chi connectivity index (χ4v) is 10.7. The first-order chi connectivity index (χ1) is 13.3. The fraction of sp³-hybridized carbons (Fsp3) is 0.900. The van der Waals surface area contributed by atoms with Crippen molar-refractivity contribution in [1.29, 1.82) is 0 Å². The third-order valence-electron chi connectivity index (χ3n) is 6.26. The van der Waals surface area contributed by atoms with Crippen molar-refractivity contribution < 1.29 is 35.3 Å². The molecule has 28 heavy (non-hydrogen) atoms. The van der Waals surface area contributed by atoms with Gasteiger partial charge in [0.25, 0.3) is 0 Å². The number of carbonyl (C=O) groups excluding carboxylic acids is 2. The molecule has 0 saturated heterocycles. The molecule has 4 N–H and O–H groups in total.